The van der Waals surface area contributed by atoms with Crippen molar-refractivity contribution in [3.8, 4) is 5.75 Å². The summed E-state index contributed by atoms with van der Waals surface area (Å²) in [6, 6.07) is 17.2. The zero-order valence-corrected chi connectivity index (χ0v) is 16.2. The second-order valence-corrected chi connectivity index (χ2v) is 6.67. The van der Waals surface area contributed by atoms with E-state index in [1.54, 1.807) is 12.3 Å². The van der Waals surface area contributed by atoms with E-state index < -0.39 is 0 Å². The van der Waals surface area contributed by atoms with E-state index in [2.05, 4.69) is 29.4 Å². The van der Waals surface area contributed by atoms with E-state index in [0.29, 0.717) is 18.7 Å². The van der Waals surface area contributed by atoms with E-state index in [4.69, 9.17) is 4.74 Å². The van der Waals surface area contributed by atoms with Crippen molar-refractivity contribution in [1.82, 2.24) is 10.3 Å². The van der Waals surface area contributed by atoms with Gasteiger partial charge in [0.05, 0.1) is 5.52 Å². The lowest BCUT2D eigenvalue weighted by Gasteiger charge is -2.08. The number of nitrogens with one attached hydrogen (secondary N) is 1. The number of rotatable bonds is 9. The Labute approximate surface area is 166 Å². The second kappa shape index (κ2) is 10.3. The average molecular weight is 374 g/mol. The minimum Gasteiger partial charge on any atom is -0.490 e. The van der Waals surface area contributed by atoms with Crippen molar-refractivity contribution in [1.29, 1.82) is 0 Å². The van der Waals surface area contributed by atoms with E-state index in [0.717, 1.165) is 28.6 Å². The number of fused-ring (bicyclic) bond motifs is 1. The second-order valence-electron chi connectivity index (χ2n) is 6.67. The number of unbranched alkanes of at least 4 members (excludes halogenated alkanes) is 2. The first-order chi connectivity index (χ1) is 13.8. The number of hydrogen-bond donors (Lipinski definition) is 1. The van der Waals surface area contributed by atoms with Crippen molar-refractivity contribution in [3.63, 3.8) is 0 Å². The summed E-state index contributed by atoms with van der Waals surface area (Å²) in [4.78, 5) is 16.8. The Bertz CT molecular complexity index is 950. The first-order valence-corrected chi connectivity index (χ1v) is 9.76. The number of pyridine rings is 1. The lowest BCUT2D eigenvalue weighted by Crippen LogP contribution is -2.22. The molecule has 1 amide bonds. The maximum absolute atomic E-state index is 12.5. The van der Waals surface area contributed by atoms with E-state index in [1.165, 1.54) is 12.8 Å². The minimum absolute atomic E-state index is 0.101. The molecule has 1 heterocycles. The highest BCUT2D eigenvalue weighted by atomic mass is 16.5. The molecular weight excluding hydrogens is 348 g/mol. The highest BCUT2D eigenvalue weighted by Crippen LogP contribution is 2.15. The lowest BCUT2D eigenvalue weighted by molar-refractivity contribution is 0.0951. The summed E-state index contributed by atoms with van der Waals surface area (Å²) in [5, 5.41) is 3.92. The van der Waals surface area contributed by atoms with Crippen LogP contribution in [0, 0.1) is 0 Å². The predicted molar refractivity (Wildman–Crippen MR) is 114 cm³/mol. The molecule has 0 spiro atoms. The van der Waals surface area contributed by atoms with Gasteiger partial charge < -0.3 is 10.1 Å². The zero-order chi connectivity index (χ0) is 19.6. The first kappa shape index (κ1) is 19.6. The van der Waals surface area contributed by atoms with Crippen molar-refractivity contribution >= 4 is 16.8 Å². The molecule has 0 saturated heterocycles. The van der Waals surface area contributed by atoms with Gasteiger partial charge in [0, 0.05) is 23.7 Å². The Morgan fingerprint density at radius 2 is 2.04 bits per heavy atom. The van der Waals surface area contributed by atoms with Gasteiger partial charge in [-0.15, -0.1) is 0 Å². The fourth-order valence-corrected chi connectivity index (χ4v) is 2.90. The summed E-state index contributed by atoms with van der Waals surface area (Å²) in [7, 11) is 0. The van der Waals surface area contributed by atoms with Crippen LogP contribution in [-0.4, -0.2) is 17.5 Å². The molecule has 0 aliphatic heterocycles. The molecule has 28 heavy (non-hydrogen) atoms. The molecule has 4 heteroatoms. The number of carbonyl (C=O) groups is 1. The monoisotopic (exact) mass is 374 g/mol. The number of hydrogen-bond acceptors (Lipinski definition) is 3. The third-order valence-corrected chi connectivity index (χ3v) is 4.45. The number of allylic oxidation sites excluding steroid dienone is 1. The largest absolute Gasteiger partial charge is 0.490 e. The maximum Gasteiger partial charge on any atom is 0.251 e. The average Bonchev–Trinajstić information content (AvgIpc) is 2.74. The molecule has 0 bridgehead atoms. The molecule has 0 atom stereocenters. The Morgan fingerprint density at radius 3 is 2.93 bits per heavy atom. The van der Waals surface area contributed by atoms with Gasteiger partial charge in [-0.25, -0.2) is 0 Å². The van der Waals surface area contributed by atoms with Crippen LogP contribution in [0.1, 0.15) is 42.1 Å². The molecule has 0 aliphatic carbocycles. The van der Waals surface area contributed by atoms with E-state index in [1.807, 2.05) is 48.5 Å². The number of nitrogens with zero attached hydrogens (tertiary/aromatic N) is 1. The normalized spacial score (nSPS) is 11.0. The van der Waals surface area contributed by atoms with Crippen molar-refractivity contribution in [2.75, 3.05) is 6.61 Å². The van der Waals surface area contributed by atoms with Gasteiger partial charge in [0.1, 0.15) is 12.4 Å². The fraction of sp³-hybridized carbons (Fsp3) is 0.250. The van der Waals surface area contributed by atoms with Crippen LogP contribution < -0.4 is 10.1 Å². The summed E-state index contributed by atoms with van der Waals surface area (Å²) >= 11 is 0. The van der Waals surface area contributed by atoms with Gasteiger partial charge in [0.25, 0.3) is 5.91 Å². The van der Waals surface area contributed by atoms with Crippen molar-refractivity contribution in [3.05, 3.63) is 84.1 Å². The van der Waals surface area contributed by atoms with E-state index in [-0.39, 0.29) is 5.91 Å². The topological polar surface area (TPSA) is 51.2 Å². The van der Waals surface area contributed by atoms with Gasteiger partial charge in [0.2, 0.25) is 0 Å². The quantitative estimate of drug-likeness (QED) is 0.409. The van der Waals surface area contributed by atoms with Gasteiger partial charge >= 0.3 is 0 Å². The van der Waals surface area contributed by atoms with Gasteiger partial charge in [-0.1, -0.05) is 50.1 Å². The number of amides is 1. The van der Waals surface area contributed by atoms with E-state index in [9.17, 15) is 4.79 Å². The highest BCUT2D eigenvalue weighted by molar-refractivity contribution is 5.97. The van der Waals surface area contributed by atoms with Crippen molar-refractivity contribution in [2.45, 2.75) is 32.7 Å². The number of aromatic nitrogens is 1. The molecule has 1 N–H and O–H groups in total. The van der Waals surface area contributed by atoms with Gasteiger partial charge in [-0.3, -0.25) is 9.78 Å². The Balaban J connectivity index is 1.53. The Hall–Kier alpha value is -3.14. The van der Waals surface area contributed by atoms with Gasteiger partial charge in [0.15, 0.2) is 0 Å². The molecule has 0 aliphatic rings. The molecule has 1 aromatic heterocycles. The number of ether oxygens (including phenoxy) is 1. The van der Waals surface area contributed by atoms with Crippen LogP contribution in [-0.2, 0) is 6.54 Å². The van der Waals surface area contributed by atoms with Crippen LogP contribution in [0.25, 0.3) is 10.9 Å². The summed E-state index contributed by atoms with van der Waals surface area (Å²) in [5.74, 6) is 0.708. The molecule has 3 rings (SSSR count). The SMILES string of the molecule is CCCCC=CCOc1cccc(CNC(=O)c2ccc3ncccc3c2)c1. The van der Waals surface area contributed by atoms with Crippen LogP contribution in [0.5, 0.6) is 5.75 Å². The fourth-order valence-electron chi connectivity index (χ4n) is 2.90. The molecule has 0 unspecified atom stereocenters. The standard InChI is InChI=1S/C24H26N2O2/c1-2-3-4-5-6-15-28-22-11-7-9-19(16-22)18-26-24(27)21-12-13-23-20(17-21)10-8-14-25-23/h5-14,16-17H,2-4,15,18H2,1H3,(H,26,27). The molecule has 144 valence electrons. The molecule has 4 nitrogen and oxygen atoms in total. The number of benzene rings is 2. The molecule has 0 fully saturated rings. The first-order valence-electron chi connectivity index (χ1n) is 9.76. The summed E-state index contributed by atoms with van der Waals surface area (Å²) in [5.41, 5.74) is 2.51. The third kappa shape index (κ3) is 5.68. The van der Waals surface area contributed by atoms with Crippen LogP contribution >= 0.6 is 0 Å². The summed E-state index contributed by atoms with van der Waals surface area (Å²) < 4.78 is 5.76. The predicted octanol–water partition coefficient (Wildman–Crippen LogP) is 5.29. The maximum atomic E-state index is 12.5. The lowest BCUT2D eigenvalue weighted by atomic mass is 10.1. The summed E-state index contributed by atoms with van der Waals surface area (Å²) in [6.07, 6.45) is 9.47. The molecule has 0 saturated carbocycles. The molecule has 2 aromatic carbocycles. The van der Waals surface area contributed by atoms with Crippen LogP contribution in [0.3, 0.4) is 0 Å². The van der Waals surface area contributed by atoms with Crippen molar-refractivity contribution in [2.24, 2.45) is 0 Å². The van der Waals surface area contributed by atoms with Gasteiger partial charge in [-0.05, 0) is 48.4 Å². The summed E-state index contributed by atoms with van der Waals surface area (Å²) in [6.45, 7) is 3.20. The van der Waals surface area contributed by atoms with Crippen LogP contribution in [0.4, 0.5) is 0 Å². The number of carbonyl (C=O) groups excluding carboxylic acids is 1. The molecule has 0 radical (unpaired) electrons. The van der Waals surface area contributed by atoms with Crippen LogP contribution in [0.2, 0.25) is 0 Å². The van der Waals surface area contributed by atoms with Crippen molar-refractivity contribution < 1.29 is 9.53 Å². The molecule has 3 aromatic rings. The smallest absolute Gasteiger partial charge is 0.251 e. The third-order valence-electron chi connectivity index (χ3n) is 4.45. The highest BCUT2D eigenvalue weighted by Gasteiger charge is 2.07. The minimum atomic E-state index is -0.101. The molecular formula is C24H26N2O2. The Kier molecular flexibility index (Phi) is 7.19. The van der Waals surface area contributed by atoms with E-state index >= 15 is 0 Å². The zero-order valence-electron chi connectivity index (χ0n) is 16.2. The van der Waals surface area contributed by atoms with Crippen LogP contribution in [0.15, 0.2) is 72.9 Å². The van der Waals surface area contributed by atoms with Gasteiger partial charge in [-0.2, -0.15) is 0 Å². The Morgan fingerprint density at radius 1 is 1.11 bits per heavy atom.